The van der Waals surface area contributed by atoms with E-state index in [1.54, 1.807) is 18.2 Å². The van der Waals surface area contributed by atoms with Gasteiger partial charge in [-0.3, -0.25) is 9.59 Å². The summed E-state index contributed by atoms with van der Waals surface area (Å²) in [6.45, 7) is 0.971. The number of rotatable bonds is 8. The second-order valence-corrected chi connectivity index (χ2v) is 8.52. The molecule has 2 rings (SSSR count). The number of halogens is 3. The van der Waals surface area contributed by atoms with Crippen LogP contribution in [0.3, 0.4) is 0 Å². The molecule has 0 saturated heterocycles. The third-order valence-electron chi connectivity index (χ3n) is 3.63. The van der Waals surface area contributed by atoms with Gasteiger partial charge in [0, 0.05) is 16.7 Å². The summed E-state index contributed by atoms with van der Waals surface area (Å²) in [5.41, 5.74) is 1.44. The molecule has 0 aromatic heterocycles. The van der Waals surface area contributed by atoms with E-state index < -0.39 is 45.0 Å². The number of esters is 1. The van der Waals surface area contributed by atoms with Crippen molar-refractivity contribution in [1.82, 2.24) is 4.72 Å². The lowest BCUT2D eigenvalue weighted by Gasteiger charge is -2.09. The van der Waals surface area contributed by atoms with Crippen molar-refractivity contribution in [2.75, 3.05) is 18.5 Å². The first-order valence-corrected chi connectivity index (χ1v) is 10.5. The molecule has 0 heterocycles. The number of nitrogens with one attached hydrogen (secondary N) is 2. The largest absolute Gasteiger partial charge is 0.456 e. The van der Waals surface area contributed by atoms with Gasteiger partial charge in [-0.05, 0) is 48.9 Å². The number of benzene rings is 2. The number of hydrogen-bond acceptors (Lipinski definition) is 5. The van der Waals surface area contributed by atoms with Crippen LogP contribution in [-0.4, -0.2) is 33.4 Å². The van der Waals surface area contributed by atoms with E-state index in [2.05, 4.69) is 26.0 Å². The molecule has 0 aliphatic rings. The van der Waals surface area contributed by atoms with Gasteiger partial charge in [0.1, 0.15) is 0 Å². The van der Waals surface area contributed by atoms with E-state index >= 15 is 0 Å². The fraction of sp³-hybridized carbons (Fsp3) is 0.222. The first-order valence-electron chi connectivity index (χ1n) is 8.25. The summed E-state index contributed by atoms with van der Waals surface area (Å²) in [5.74, 6) is -3.84. The van der Waals surface area contributed by atoms with Crippen LogP contribution in [0.1, 0.15) is 12.0 Å². The normalized spacial score (nSPS) is 11.2. The fourth-order valence-electron chi connectivity index (χ4n) is 2.15. The van der Waals surface area contributed by atoms with Crippen molar-refractivity contribution in [3.63, 3.8) is 0 Å². The zero-order chi connectivity index (χ0) is 21.6. The van der Waals surface area contributed by atoms with Crippen molar-refractivity contribution in [3.8, 4) is 0 Å². The minimum Gasteiger partial charge on any atom is -0.456 e. The van der Waals surface area contributed by atoms with E-state index in [0.29, 0.717) is 17.8 Å². The molecule has 0 atom stereocenters. The Morgan fingerprint density at radius 2 is 1.83 bits per heavy atom. The first kappa shape index (κ1) is 22.9. The van der Waals surface area contributed by atoms with Gasteiger partial charge in [0.25, 0.3) is 5.91 Å². The van der Waals surface area contributed by atoms with Crippen LogP contribution in [0.25, 0.3) is 0 Å². The highest BCUT2D eigenvalue weighted by atomic mass is 79.9. The summed E-state index contributed by atoms with van der Waals surface area (Å²) in [4.78, 5) is 23.0. The molecule has 0 saturated carbocycles. The van der Waals surface area contributed by atoms with E-state index in [1.165, 1.54) is 0 Å². The summed E-state index contributed by atoms with van der Waals surface area (Å²) in [5, 5.41) is 2.56. The van der Waals surface area contributed by atoms with Crippen molar-refractivity contribution >= 4 is 43.5 Å². The van der Waals surface area contributed by atoms with E-state index in [1.807, 2.05) is 6.92 Å². The molecule has 0 spiro atoms. The van der Waals surface area contributed by atoms with Crippen LogP contribution in [0.5, 0.6) is 0 Å². The molecule has 0 unspecified atom stereocenters. The fourth-order valence-corrected chi connectivity index (χ4v) is 3.44. The van der Waals surface area contributed by atoms with Gasteiger partial charge < -0.3 is 10.1 Å². The molecular formula is C18H17BrF2N2O5S. The third kappa shape index (κ3) is 6.87. The smallest absolute Gasteiger partial charge is 0.307 e. The van der Waals surface area contributed by atoms with Gasteiger partial charge in [0.15, 0.2) is 18.2 Å². The highest BCUT2D eigenvalue weighted by molar-refractivity contribution is 9.10. The molecular weight excluding hydrogens is 474 g/mol. The lowest BCUT2D eigenvalue weighted by atomic mass is 10.2. The molecule has 2 N–H and O–H groups in total. The third-order valence-corrected chi connectivity index (χ3v) is 5.98. The second-order valence-electron chi connectivity index (χ2n) is 5.90. The van der Waals surface area contributed by atoms with Gasteiger partial charge in [0.2, 0.25) is 10.0 Å². The van der Waals surface area contributed by atoms with Gasteiger partial charge in [-0.2, -0.15) is 0 Å². The van der Waals surface area contributed by atoms with E-state index in [-0.39, 0.29) is 13.0 Å². The Kier molecular flexibility index (Phi) is 7.82. The zero-order valence-electron chi connectivity index (χ0n) is 15.2. The highest BCUT2D eigenvalue weighted by Gasteiger charge is 2.17. The first-order chi connectivity index (χ1) is 13.6. The predicted molar refractivity (Wildman–Crippen MR) is 105 cm³/mol. The summed E-state index contributed by atoms with van der Waals surface area (Å²) in [6.07, 6.45) is -0.354. The molecule has 0 fully saturated rings. The maximum atomic E-state index is 13.2. The summed E-state index contributed by atoms with van der Waals surface area (Å²) in [6, 6.07) is 7.28. The Bertz CT molecular complexity index is 1030. The number of carbonyl (C=O) groups excluding carboxylic acids is 2. The average molecular weight is 491 g/mol. The summed E-state index contributed by atoms with van der Waals surface area (Å²) >= 11 is 3.34. The number of aryl methyl sites for hydroxylation is 1. The van der Waals surface area contributed by atoms with E-state index in [4.69, 9.17) is 4.74 Å². The van der Waals surface area contributed by atoms with Crippen molar-refractivity contribution < 1.29 is 31.5 Å². The molecule has 2 aromatic rings. The Hall–Kier alpha value is -2.37. The van der Waals surface area contributed by atoms with Crippen molar-refractivity contribution in [2.45, 2.75) is 18.2 Å². The quantitative estimate of drug-likeness (QED) is 0.554. The van der Waals surface area contributed by atoms with Gasteiger partial charge in [-0.15, -0.1) is 0 Å². The molecule has 0 radical (unpaired) electrons. The SMILES string of the molecule is Cc1cc(NC(=O)COC(=O)CCNS(=O)(=O)c2ccc(F)c(F)c2)ccc1Br. The molecule has 0 aliphatic heterocycles. The van der Waals surface area contributed by atoms with Crippen LogP contribution in [0, 0.1) is 18.6 Å². The summed E-state index contributed by atoms with van der Waals surface area (Å²) < 4.78 is 57.7. The monoisotopic (exact) mass is 490 g/mol. The van der Waals surface area contributed by atoms with Crippen LogP contribution in [-0.2, 0) is 24.3 Å². The zero-order valence-corrected chi connectivity index (χ0v) is 17.6. The Labute approximate surface area is 174 Å². The number of hydrogen-bond donors (Lipinski definition) is 2. The van der Waals surface area contributed by atoms with Gasteiger partial charge in [0.05, 0.1) is 11.3 Å². The number of carbonyl (C=O) groups is 2. The number of anilines is 1. The summed E-state index contributed by atoms with van der Waals surface area (Å²) in [7, 11) is -4.12. The van der Waals surface area contributed by atoms with E-state index in [9.17, 15) is 26.8 Å². The van der Waals surface area contributed by atoms with Crippen LogP contribution in [0.4, 0.5) is 14.5 Å². The van der Waals surface area contributed by atoms with Gasteiger partial charge >= 0.3 is 5.97 Å². The van der Waals surface area contributed by atoms with Crippen molar-refractivity contribution in [2.24, 2.45) is 0 Å². The molecule has 0 aliphatic carbocycles. The van der Waals surface area contributed by atoms with E-state index in [0.717, 1.165) is 16.1 Å². The number of ether oxygens (including phenoxy) is 1. The molecule has 29 heavy (non-hydrogen) atoms. The lowest BCUT2D eigenvalue weighted by Crippen LogP contribution is -2.28. The van der Waals surface area contributed by atoms with Crippen LogP contribution < -0.4 is 10.0 Å². The molecule has 1 amide bonds. The molecule has 0 bridgehead atoms. The maximum Gasteiger partial charge on any atom is 0.307 e. The Balaban J connectivity index is 1.77. The standard InChI is InChI=1S/C18H17BrF2N2O5S/c1-11-8-12(2-4-14(11)19)23-17(24)10-28-18(25)6-7-22-29(26,27)13-3-5-15(20)16(21)9-13/h2-5,8-9,22H,6-7,10H2,1H3,(H,23,24). The van der Waals surface area contributed by atoms with Crippen molar-refractivity contribution in [1.29, 1.82) is 0 Å². The minimum absolute atomic E-state index is 0.340. The minimum atomic E-state index is -4.12. The van der Waals surface area contributed by atoms with Crippen LogP contribution in [0.15, 0.2) is 45.8 Å². The Morgan fingerprint density at radius 1 is 1.10 bits per heavy atom. The van der Waals surface area contributed by atoms with Crippen molar-refractivity contribution in [3.05, 3.63) is 58.1 Å². The second kappa shape index (κ2) is 9.90. The molecule has 156 valence electrons. The van der Waals surface area contributed by atoms with Gasteiger partial charge in [-0.1, -0.05) is 15.9 Å². The average Bonchev–Trinajstić information content (AvgIpc) is 2.65. The number of sulfonamides is 1. The van der Waals surface area contributed by atoms with Gasteiger partial charge in [-0.25, -0.2) is 21.9 Å². The highest BCUT2D eigenvalue weighted by Crippen LogP contribution is 2.20. The predicted octanol–water partition coefficient (Wildman–Crippen LogP) is 2.89. The van der Waals surface area contributed by atoms with Crippen LogP contribution in [0.2, 0.25) is 0 Å². The molecule has 7 nitrogen and oxygen atoms in total. The molecule has 2 aromatic carbocycles. The maximum absolute atomic E-state index is 13.2. The Morgan fingerprint density at radius 3 is 2.48 bits per heavy atom. The van der Waals surface area contributed by atoms with Crippen LogP contribution >= 0.6 is 15.9 Å². The number of amides is 1. The topological polar surface area (TPSA) is 102 Å². The lowest BCUT2D eigenvalue weighted by molar-refractivity contribution is -0.147. The molecule has 11 heteroatoms.